The zero-order chi connectivity index (χ0) is 15.5. The van der Waals surface area contributed by atoms with Crippen molar-refractivity contribution < 1.29 is 17.9 Å². The fourth-order valence-corrected chi connectivity index (χ4v) is 2.78. The number of amides is 2. The minimum absolute atomic E-state index is 0.0542. The van der Waals surface area contributed by atoms with Gasteiger partial charge in [0.2, 0.25) is 0 Å². The molecule has 0 aliphatic carbocycles. The smallest absolute Gasteiger partial charge is 0.317 e. The van der Waals surface area contributed by atoms with Gasteiger partial charge >= 0.3 is 6.03 Å². The van der Waals surface area contributed by atoms with E-state index < -0.39 is 9.84 Å². The van der Waals surface area contributed by atoms with E-state index in [1.165, 1.54) is 6.26 Å². The van der Waals surface area contributed by atoms with Crippen molar-refractivity contribution in [3.05, 3.63) is 29.8 Å². The Morgan fingerprint density at radius 3 is 2.62 bits per heavy atom. The Morgan fingerprint density at radius 1 is 1.38 bits per heavy atom. The summed E-state index contributed by atoms with van der Waals surface area (Å²) in [6.07, 6.45) is 1.22. The second kappa shape index (κ2) is 6.44. The maximum Gasteiger partial charge on any atom is 0.317 e. The van der Waals surface area contributed by atoms with Gasteiger partial charge in [-0.2, -0.15) is 0 Å². The van der Waals surface area contributed by atoms with Gasteiger partial charge < -0.3 is 15.0 Å². The van der Waals surface area contributed by atoms with Crippen LogP contribution in [0.2, 0.25) is 0 Å². The van der Waals surface area contributed by atoms with E-state index in [-0.39, 0.29) is 17.0 Å². The number of sulfone groups is 1. The van der Waals surface area contributed by atoms with Crippen LogP contribution in [0.25, 0.3) is 0 Å². The van der Waals surface area contributed by atoms with Crippen molar-refractivity contribution in [2.75, 3.05) is 26.0 Å². The van der Waals surface area contributed by atoms with Crippen LogP contribution >= 0.6 is 0 Å². The summed E-state index contributed by atoms with van der Waals surface area (Å²) < 4.78 is 28.1. The van der Waals surface area contributed by atoms with Crippen LogP contribution in [0.1, 0.15) is 12.5 Å². The summed E-state index contributed by atoms with van der Waals surface area (Å²) in [6.45, 7) is 4.03. The molecule has 6 nitrogen and oxygen atoms in total. The zero-order valence-electron chi connectivity index (χ0n) is 12.2. The number of carbonyl (C=O) groups excluding carboxylic acids is 1. The van der Waals surface area contributed by atoms with Gasteiger partial charge in [0, 0.05) is 25.9 Å². The number of nitrogens with one attached hydrogen (secondary N) is 1. The highest BCUT2D eigenvalue weighted by atomic mass is 32.2. The number of hydrogen-bond acceptors (Lipinski definition) is 4. The van der Waals surface area contributed by atoms with Crippen molar-refractivity contribution in [1.29, 1.82) is 0 Å². The second-order valence-electron chi connectivity index (χ2n) is 5.20. The molecule has 0 spiro atoms. The summed E-state index contributed by atoms with van der Waals surface area (Å²) >= 11 is 0. The fraction of sp³-hybridized carbons (Fsp3) is 0.500. The minimum atomic E-state index is -3.18. The van der Waals surface area contributed by atoms with E-state index in [1.54, 1.807) is 29.2 Å². The van der Waals surface area contributed by atoms with E-state index in [4.69, 9.17) is 4.74 Å². The zero-order valence-corrected chi connectivity index (χ0v) is 13.0. The van der Waals surface area contributed by atoms with E-state index >= 15 is 0 Å². The van der Waals surface area contributed by atoms with E-state index in [1.807, 2.05) is 6.92 Å². The molecule has 1 saturated heterocycles. The molecular weight excluding hydrogens is 292 g/mol. The molecule has 1 aromatic carbocycles. The van der Waals surface area contributed by atoms with Crippen molar-refractivity contribution in [1.82, 2.24) is 10.2 Å². The molecule has 116 valence electrons. The monoisotopic (exact) mass is 312 g/mol. The summed E-state index contributed by atoms with van der Waals surface area (Å²) in [5.41, 5.74) is 0.858. The highest BCUT2D eigenvalue weighted by molar-refractivity contribution is 7.90. The topological polar surface area (TPSA) is 75.7 Å². The maximum absolute atomic E-state index is 12.0. The molecule has 1 fully saturated rings. The molecule has 1 N–H and O–H groups in total. The molecule has 0 aromatic heterocycles. The van der Waals surface area contributed by atoms with Crippen LogP contribution < -0.4 is 5.32 Å². The van der Waals surface area contributed by atoms with Crippen molar-refractivity contribution >= 4 is 15.9 Å². The maximum atomic E-state index is 12.0. The lowest BCUT2D eigenvalue weighted by Gasteiger charge is -2.31. The van der Waals surface area contributed by atoms with Gasteiger partial charge in [-0.05, 0) is 24.6 Å². The molecular formula is C14H20N2O4S. The first kappa shape index (κ1) is 15.8. The van der Waals surface area contributed by atoms with Gasteiger partial charge in [-0.25, -0.2) is 13.2 Å². The summed E-state index contributed by atoms with van der Waals surface area (Å²) in [5.74, 6) is 0. The number of carbonyl (C=O) groups is 1. The normalized spacial score (nSPS) is 19.3. The summed E-state index contributed by atoms with van der Waals surface area (Å²) in [7, 11) is -3.18. The van der Waals surface area contributed by atoms with Gasteiger partial charge in [-0.1, -0.05) is 12.1 Å². The lowest BCUT2D eigenvalue weighted by Crippen LogP contribution is -2.48. The molecule has 7 heteroatoms. The molecule has 2 rings (SSSR count). The van der Waals surface area contributed by atoms with Crippen LogP contribution in [-0.2, 0) is 21.1 Å². The fourth-order valence-electron chi connectivity index (χ4n) is 2.15. The third-order valence-electron chi connectivity index (χ3n) is 3.32. The number of urea groups is 1. The van der Waals surface area contributed by atoms with Gasteiger partial charge in [-0.3, -0.25) is 0 Å². The number of nitrogens with zero attached hydrogens (tertiary/aromatic N) is 1. The quantitative estimate of drug-likeness (QED) is 0.904. The Morgan fingerprint density at radius 2 is 2.05 bits per heavy atom. The third kappa shape index (κ3) is 4.44. The van der Waals surface area contributed by atoms with Crippen LogP contribution in [0.15, 0.2) is 29.2 Å². The number of rotatable bonds is 3. The summed E-state index contributed by atoms with van der Waals surface area (Å²) in [4.78, 5) is 14.0. The number of ether oxygens (including phenoxy) is 1. The summed E-state index contributed by atoms with van der Waals surface area (Å²) in [5, 5.41) is 2.83. The van der Waals surface area contributed by atoms with Crippen LogP contribution in [0.5, 0.6) is 0 Å². The minimum Gasteiger partial charge on any atom is -0.375 e. The first-order valence-corrected chi connectivity index (χ1v) is 8.69. The highest BCUT2D eigenvalue weighted by Gasteiger charge is 2.20. The Balaban J connectivity index is 1.89. The molecule has 2 amide bonds. The largest absolute Gasteiger partial charge is 0.375 e. The molecule has 1 atom stereocenters. The average molecular weight is 312 g/mol. The highest BCUT2D eigenvalue weighted by Crippen LogP contribution is 2.10. The Kier molecular flexibility index (Phi) is 4.84. The van der Waals surface area contributed by atoms with Crippen LogP contribution in [0.3, 0.4) is 0 Å². The molecule has 1 aliphatic rings. The van der Waals surface area contributed by atoms with E-state index in [9.17, 15) is 13.2 Å². The molecule has 1 aromatic rings. The first-order chi connectivity index (χ1) is 9.86. The SMILES string of the molecule is CC1CN(C(=O)NCc2ccc(S(C)(=O)=O)cc2)CCO1. The molecule has 0 bridgehead atoms. The van der Waals surface area contributed by atoms with E-state index in [2.05, 4.69) is 5.32 Å². The first-order valence-electron chi connectivity index (χ1n) is 6.79. The Hall–Kier alpha value is -1.60. The van der Waals surface area contributed by atoms with Crippen molar-refractivity contribution in [2.24, 2.45) is 0 Å². The molecule has 0 saturated carbocycles. The number of morpholine rings is 1. The third-order valence-corrected chi connectivity index (χ3v) is 4.45. The van der Waals surface area contributed by atoms with E-state index in [0.717, 1.165) is 5.56 Å². The van der Waals surface area contributed by atoms with Crippen LogP contribution in [0.4, 0.5) is 4.79 Å². The van der Waals surface area contributed by atoms with Crippen molar-refractivity contribution in [2.45, 2.75) is 24.5 Å². The van der Waals surface area contributed by atoms with Crippen LogP contribution in [0, 0.1) is 0 Å². The predicted molar refractivity (Wildman–Crippen MR) is 78.8 cm³/mol. The van der Waals surface area contributed by atoms with Gasteiger partial charge in [0.15, 0.2) is 9.84 Å². The number of benzene rings is 1. The summed E-state index contributed by atoms with van der Waals surface area (Å²) in [6, 6.07) is 6.38. The molecule has 1 aliphatic heterocycles. The Bertz CT molecular complexity index is 598. The van der Waals surface area contributed by atoms with Gasteiger partial charge in [-0.15, -0.1) is 0 Å². The van der Waals surface area contributed by atoms with Crippen LogP contribution in [-0.4, -0.2) is 51.4 Å². The number of hydrogen-bond donors (Lipinski definition) is 1. The lowest BCUT2D eigenvalue weighted by molar-refractivity contribution is -0.00351. The molecule has 1 unspecified atom stereocenters. The lowest BCUT2D eigenvalue weighted by atomic mass is 10.2. The van der Waals surface area contributed by atoms with Crippen molar-refractivity contribution in [3.8, 4) is 0 Å². The standard InChI is InChI=1S/C14H20N2O4S/c1-11-10-16(7-8-20-11)14(17)15-9-12-3-5-13(6-4-12)21(2,18)19/h3-6,11H,7-10H2,1-2H3,(H,15,17). The van der Waals surface area contributed by atoms with Gasteiger partial charge in [0.05, 0.1) is 17.6 Å². The average Bonchev–Trinajstić information content (AvgIpc) is 2.44. The molecule has 1 heterocycles. The van der Waals surface area contributed by atoms with Gasteiger partial charge in [0.1, 0.15) is 0 Å². The Labute approximate surface area is 125 Å². The van der Waals surface area contributed by atoms with Crippen molar-refractivity contribution in [3.63, 3.8) is 0 Å². The predicted octanol–water partition coefficient (Wildman–Crippen LogP) is 1.02. The molecule has 0 radical (unpaired) electrons. The second-order valence-corrected chi connectivity index (χ2v) is 7.22. The molecule has 21 heavy (non-hydrogen) atoms. The van der Waals surface area contributed by atoms with Gasteiger partial charge in [0.25, 0.3) is 0 Å². The van der Waals surface area contributed by atoms with E-state index in [0.29, 0.717) is 26.2 Å².